The van der Waals surface area contributed by atoms with E-state index < -0.39 is 29.6 Å². The van der Waals surface area contributed by atoms with Crippen LogP contribution in [0, 0.1) is 11.6 Å². The van der Waals surface area contributed by atoms with E-state index in [0.717, 1.165) is 0 Å². The van der Waals surface area contributed by atoms with Gasteiger partial charge >= 0.3 is 5.97 Å². The van der Waals surface area contributed by atoms with Crippen LogP contribution in [0.3, 0.4) is 0 Å². The highest BCUT2D eigenvalue weighted by atomic mass is 19.1. The van der Waals surface area contributed by atoms with Crippen molar-refractivity contribution < 1.29 is 27.8 Å². The van der Waals surface area contributed by atoms with Crippen molar-refractivity contribution in [2.24, 2.45) is 0 Å². The molecule has 2 aromatic carbocycles. The Hall–Kier alpha value is -2.96. The molecule has 1 unspecified atom stereocenters. The van der Waals surface area contributed by atoms with Gasteiger partial charge in [-0.15, -0.1) is 0 Å². The lowest BCUT2D eigenvalue weighted by Crippen LogP contribution is -2.34. The fourth-order valence-corrected chi connectivity index (χ4v) is 2.11. The van der Waals surface area contributed by atoms with Gasteiger partial charge in [-0.1, -0.05) is 12.1 Å². The molecule has 0 radical (unpaired) electrons. The van der Waals surface area contributed by atoms with Crippen LogP contribution in [0.2, 0.25) is 0 Å². The third-order valence-electron chi connectivity index (χ3n) is 3.39. The number of hydrogen-bond donors (Lipinski definition) is 1. The van der Waals surface area contributed by atoms with Crippen molar-refractivity contribution in [1.29, 1.82) is 0 Å². The Kier molecular flexibility index (Phi) is 6.45. The fourth-order valence-electron chi connectivity index (χ4n) is 2.11. The Morgan fingerprint density at radius 3 is 2.12 bits per heavy atom. The summed E-state index contributed by atoms with van der Waals surface area (Å²) in [6.07, 6.45) is -0.107. The maximum atomic E-state index is 13.1. The standard InChI is InChI=1S/C18H17F2NO4/c1-24-18(23)10-16(12-2-4-13(19)5-3-12)21-17(22)11-25-15-8-6-14(20)7-9-15/h2-9,16H,10-11H2,1H3,(H,21,22). The van der Waals surface area contributed by atoms with E-state index in [1.54, 1.807) is 0 Å². The number of carbonyl (C=O) groups is 2. The zero-order chi connectivity index (χ0) is 18.2. The number of hydrogen-bond acceptors (Lipinski definition) is 4. The minimum Gasteiger partial charge on any atom is -0.484 e. The molecule has 1 atom stereocenters. The fraction of sp³-hybridized carbons (Fsp3) is 0.222. The highest BCUT2D eigenvalue weighted by Gasteiger charge is 2.19. The summed E-state index contributed by atoms with van der Waals surface area (Å²) in [5.41, 5.74) is 0.557. The molecule has 0 aromatic heterocycles. The largest absolute Gasteiger partial charge is 0.484 e. The van der Waals surface area contributed by atoms with Gasteiger partial charge in [0.05, 0.1) is 19.6 Å². The normalized spacial score (nSPS) is 11.5. The molecule has 0 bridgehead atoms. The molecule has 25 heavy (non-hydrogen) atoms. The lowest BCUT2D eigenvalue weighted by Gasteiger charge is -2.18. The Labute approximate surface area is 143 Å². The Bertz CT molecular complexity index is 717. The van der Waals surface area contributed by atoms with Crippen LogP contribution in [0.15, 0.2) is 48.5 Å². The second-order valence-corrected chi connectivity index (χ2v) is 5.19. The molecular formula is C18H17F2NO4. The van der Waals surface area contributed by atoms with E-state index in [4.69, 9.17) is 4.74 Å². The smallest absolute Gasteiger partial charge is 0.307 e. The van der Waals surface area contributed by atoms with Crippen LogP contribution < -0.4 is 10.1 Å². The first kappa shape index (κ1) is 18.4. The van der Waals surface area contributed by atoms with Gasteiger partial charge in [0.25, 0.3) is 5.91 Å². The maximum Gasteiger partial charge on any atom is 0.307 e. The average molecular weight is 349 g/mol. The van der Waals surface area contributed by atoms with Gasteiger partial charge in [0.2, 0.25) is 0 Å². The van der Waals surface area contributed by atoms with Gasteiger partial charge in [0, 0.05) is 0 Å². The molecular weight excluding hydrogens is 332 g/mol. The monoisotopic (exact) mass is 349 g/mol. The Balaban J connectivity index is 1.99. The van der Waals surface area contributed by atoms with Crippen LogP contribution in [0.5, 0.6) is 5.75 Å². The van der Waals surface area contributed by atoms with E-state index >= 15 is 0 Å². The molecule has 132 valence electrons. The molecule has 0 spiro atoms. The average Bonchev–Trinajstić information content (AvgIpc) is 2.61. The zero-order valence-electron chi connectivity index (χ0n) is 13.5. The number of esters is 1. The lowest BCUT2D eigenvalue weighted by molar-refractivity contribution is -0.141. The highest BCUT2D eigenvalue weighted by molar-refractivity contribution is 5.79. The number of benzene rings is 2. The van der Waals surface area contributed by atoms with Crippen molar-refractivity contribution in [3.05, 3.63) is 65.7 Å². The van der Waals surface area contributed by atoms with E-state index in [2.05, 4.69) is 10.1 Å². The summed E-state index contributed by atoms with van der Waals surface area (Å²) in [7, 11) is 1.24. The number of ether oxygens (including phenoxy) is 2. The Morgan fingerprint density at radius 2 is 1.56 bits per heavy atom. The summed E-state index contributed by atoms with van der Waals surface area (Å²) in [4.78, 5) is 23.6. The van der Waals surface area contributed by atoms with Crippen molar-refractivity contribution in [2.75, 3.05) is 13.7 Å². The van der Waals surface area contributed by atoms with E-state index in [-0.39, 0.29) is 13.0 Å². The topological polar surface area (TPSA) is 64.6 Å². The number of carbonyl (C=O) groups excluding carboxylic acids is 2. The Morgan fingerprint density at radius 1 is 1.00 bits per heavy atom. The van der Waals surface area contributed by atoms with Gasteiger partial charge in [-0.2, -0.15) is 0 Å². The third kappa shape index (κ3) is 5.87. The minimum absolute atomic E-state index is 0.107. The molecule has 0 fully saturated rings. The van der Waals surface area contributed by atoms with Crippen LogP contribution in [-0.2, 0) is 14.3 Å². The van der Waals surface area contributed by atoms with Crippen molar-refractivity contribution in [3.8, 4) is 5.75 Å². The van der Waals surface area contributed by atoms with Gasteiger partial charge in [0.1, 0.15) is 17.4 Å². The van der Waals surface area contributed by atoms with Crippen LogP contribution in [0.25, 0.3) is 0 Å². The van der Waals surface area contributed by atoms with Gasteiger partial charge in [-0.05, 0) is 42.0 Å². The number of rotatable bonds is 7. The highest BCUT2D eigenvalue weighted by Crippen LogP contribution is 2.18. The van der Waals surface area contributed by atoms with Gasteiger partial charge < -0.3 is 14.8 Å². The number of halogens is 2. The third-order valence-corrected chi connectivity index (χ3v) is 3.39. The first-order valence-corrected chi connectivity index (χ1v) is 7.48. The zero-order valence-corrected chi connectivity index (χ0v) is 13.5. The molecule has 7 heteroatoms. The van der Waals surface area contributed by atoms with E-state index in [1.165, 1.54) is 55.6 Å². The molecule has 0 aliphatic carbocycles. The summed E-state index contributed by atoms with van der Waals surface area (Å²) in [5.74, 6) is -1.50. The second kappa shape index (κ2) is 8.77. The summed E-state index contributed by atoms with van der Waals surface area (Å²) in [6, 6.07) is 9.97. The van der Waals surface area contributed by atoms with E-state index in [0.29, 0.717) is 11.3 Å². The lowest BCUT2D eigenvalue weighted by atomic mass is 10.0. The molecule has 0 aliphatic heterocycles. The first-order valence-electron chi connectivity index (χ1n) is 7.48. The number of amides is 1. The molecule has 1 N–H and O–H groups in total. The number of nitrogens with one attached hydrogen (secondary N) is 1. The molecule has 2 aromatic rings. The molecule has 0 aliphatic rings. The van der Waals surface area contributed by atoms with E-state index in [9.17, 15) is 18.4 Å². The SMILES string of the molecule is COC(=O)CC(NC(=O)COc1ccc(F)cc1)c1ccc(F)cc1. The molecule has 0 saturated heterocycles. The number of methoxy groups -OCH3 is 1. The van der Waals surface area contributed by atoms with Gasteiger partial charge in [-0.25, -0.2) is 8.78 Å². The van der Waals surface area contributed by atoms with Crippen LogP contribution in [-0.4, -0.2) is 25.6 Å². The van der Waals surface area contributed by atoms with Crippen LogP contribution in [0.4, 0.5) is 8.78 Å². The van der Waals surface area contributed by atoms with Crippen molar-refractivity contribution in [1.82, 2.24) is 5.32 Å². The van der Waals surface area contributed by atoms with Crippen molar-refractivity contribution in [3.63, 3.8) is 0 Å². The molecule has 2 rings (SSSR count). The predicted molar refractivity (Wildman–Crippen MR) is 85.8 cm³/mol. The molecule has 0 saturated carbocycles. The second-order valence-electron chi connectivity index (χ2n) is 5.19. The predicted octanol–water partition coefficient (Wildman–Crippen LogP) is 2.76. The summed E-state index contributed by atoms with van der Waals surface area (Å²) >= 11 is 0. The van der Waals surface area contributed by atoms with Gasteiger partial charge in [-0.3, -0.25) is 9.59 Å². The van der Waals surface area contributed by atoms with Gasteiger partial charge in [0.15, 0.2) is 6.61 Å². The summed E-state index contributed by atoms with van der Waals surface area (Å²) in [5, 5.41) is 2.64. The summed E-state index contributed by atoms with van der Waals surface area (Å²) in [6.45, 7) is -0.315. The molecule has 0 heterocycles. The maximum absolute atomic E-state index is 13.1. The van der Waals surface area contributed by atoms with Crippen LogP contribution >= 0.6 is 0 Å². The summed E-state index contributed by atoms with van der Waals surface area (Å²) < 4.78 is 35.7. The van der Waals surface area contributed by atoms with E-state index in [1.807, 2.05) is 0 Å². The van der Waals surface area contributed by atoms with Crippen molar-refractivity contribution in [2.45, 2.75) is 12.5 Å². The van der Waals surface area contributed by atoms with Crippen LogP contribution in [0.1, 0.15) is 18.0 Å². The van der Waals surface area contributed by atoms with Crippen molar-refractivity contribution >= 4 is 11.9 Å². The quantitative estimate of drug-likeness (QED) is 0.781. The first-order chi connectivity index (χ1) is 12.0. The molecule has 5 nitrogen and oxygen atoms in total. The minimum atomic E-state index is -0.683. The molecule has 1 amide bonds.